The Morgan fingerprint density at radius 1 is 0.947 bits per heavy atom. The quantitative estimate of drug-likeness (QED) is 0.429. The minimum Gasteiger partial charge on any atom is -0.352 e. The lowest BCUT2D eigenvalue weighted by Gasteiger charge is -2.37. The van der Waals surface area contributed by atoms with Crippen molar-refractivity contribution in [2.75, 3.05) is 37.6 Å². The summed E-state index contributed by atoms with van der Waals surface area (Å²) in [5.41, 5.74) is 2.41. The molecule has 0 bridgehead atoms. The van der Waals surface area contributed by atoms with Gasteiger partial charge in [-0.25, -0.2) is 4.79 Å². The third-order valence-corrected chi connectivity index (χ3v) is 7.09. The van der Waals surface area contributed by atoms with Gasteiger partial charge in [0.2, 0.25) is 5.91 Å². The Morgan fingerprint density at radius 3 is 2.26 bits per heavy atom. The zero-order valence-electron chi connectivity index (χ0n) is 21.8. The number of amides is 3. The van der Waals surface area contributed by atoms with Crippen LogP contribution in [0.5, 0.6) is 0 Å². The maximum Gasteiger partial charge on any atom is 0.318 e. The maximum atomic E-state index is 13.3. The van der Waals surface area contributed by atoms with Gasteiger partial charge in [-0.05, 0) is 56.7 Å². The highest BCUT2D eigenvalue weighted by molar-refractivity contribution is 6.36. The fourth-order valence-electron chi connectivity index (χ4n) is 4.39. The molecule has 3 aromatic rings. The Labute approximate surface area is 233 Å². The van der Waals surface area contributed by atoms with Crippen LogP contribution in [0.3, 0.4) is 0 Å². The van der Waals surface area contributed by atoms with Crippen LogP contribution in [-0.4, -0.2) is 70.7 Å². The molecule has 38 heavy (non-hydrogen) atoms. The number of aromatic nitrogens is 2. The van der Waals surface area contributed by atoms with Crippen molar-refractivity contribution in [1.82, 2.24) is 25.3 Å². The number of halogens is 2. The fourth-order valence-corrected chi connectivity index (χ4v) is 4.90. The molecule has 0 spiro atoms. The van der Waals surface area contributed by atoms with E-state index in [0.29, 0.717) is 41.9 Å². The molecule has 1 fully saturated rings. The number of piperazine rings is 1. The smallest absolute Gasteiger partial charge is 0.318 e. The molecule has 2 heterocycles. The van der Waals surface area contributed by atoms with Gasteiger partial charge in [-0.3, -0.25) is 4.79 Å². The molecule has 1 aliphatic heterocycles. The van der Waals surface area contributed by atoms with Gasteiger partial charge in [0.1, 0.15) is 6.54 Å². The highest BCUT2D eigenvalue weighted by Gasteiger charge is 2.29. The summed E-state index contributed by atoms with van der Waals surface area (Å²) < 4.78 is 0. The third kappa shape index (κ3) is 6.74. The van der Waals surface area contributed by atoms with Crippen LogP contribution >= 0.6 is 23.2 Å². The monoisotopic (exact) mass is 554 g/mol. The molecule has 1 N–H and O–H groups in total. The number of hydrogen-bond acceptors (Lipinski definition) is 5. The number of carbonyl (C=O) groups is 2. The summed E-state index contributed by atoms with van der Waals surface area (Å²) in [6.45, 7) is 8.07. The first kappa shape index (κ1) is 27.7. The average molecular weight is 556 g/mol. The molecule has 0 radical (unpaired) electrons. The van der Waals surface area contributed by atoms with E-state index in [0.717, 1.165) is 16.9 Å². The molecule has 0 aliphatic carbocycles. The standard InChI is InChI=1S/C28H32Cl2N6O2/c1-19(2)31-28(38)36(20(3)21-7-5-4-6-8-21)18-27(37)35-15-13-34(14-16-35)26-12-11-25(32-33-26)23-10-9-22(29)17-24(23)30/h4-12,17,19-20H,13-16,18H2,1-3H3,(H,31,38). The van der Waals surface area contributed by atoms with Gasteiger partial charge in [0.25, 0.3) is 0 Å². The topological polar surface area (TPSA) is 81.7 Å². The number of carbonyl (C=O) groups excluding carboxylic acids is 2. The molecule has 3 amide bonds. The van der Waals surface area contributed by atoms with Crippen LogP contribution in [0.1, 0.15) is 32.4 Å². The van der Waals surface area contributed by atoms with Gasteiger partial charge >= 0.3 is 6.03 Å². The normalized spacial score (nSPS) is 14.4. The molecule has 200 valence electrons. The first-order valence-corrected chi connectivity index (χ1v) is 13.4. The second kappa shape index (κ2) is 12.5. The second-order valence-corrected chi connectivity index (χ2v) is 10.4. The minimum absolute atomic E-state index is 0.00493. The van der Waals surface area contributed by atoms with Gasteiger partial charge in [-0.15, -0.1) is 10.2 Å². The van der Waals surface area contributed by atoms with Crippen LogP contribution in [0.15, 0.2) is 60.7 Å². The van der Waals surface area contributed by atoms with E-state index in [-0.39, 0.29) is 30.6 Å². The van der Waals surface area contributed by atoms with E-state index >= 15 is 0 Å². The predicted octanol–water partition coefficient (Wildman–Crippen LogP) is 5.28. The fraction of sp³-hybridized carbons (Fsp3) is 0.357. The van der Waals surface area contributed by atoms with Gasteiger partial charge in [-0.2, -0.15) is 0 Å². The number of benzene rings is 2. The largest absolute Gasteiger partial charge is 0.352 e. The van der Waals surface area contributed by atoms with Gasteiger partial charge < -0.3 is 20.0 Å². The van der Waals surface area contributed by atoms with Gasteiger partial charge in [-0.1, -0.05) is 53.5 Å². The predicted molar refractivity (Wildman–Crippen MR) is 152 cm³/mol. The Hall–Kier alpha value is -3.36. The van der Waals surface area contributed by atoms with Gasteiger partial charge in [0, 0.05) is 42.8 Å². The van der Waals surface area contributed by atoms with E-state index < -0.39 is 0 Å². The van der Waals surface area contributed by atoms with Crippen molar-refractivity contribution in [1.29, 1.82) is 0 Å². The zero-order valence-corrected chi connectivity index (χ0v) is 23.3. The van der Waals surface area contributed by atoms with Gasteiger partial charge in [0.05, 0.1) is 16.8 Å². The first-order chi connectivity index (χ1) is 18.2. The number of hydrogen-bond donors (Lipinski definition) is 1. The lowest BCUT2D eigenvalue weighted by atomic mass is 10.1. The average Bonchev–Trinajstić information content (AvgIpc) is 2.91. The van der Waals surface area contributed by atoms with Gasteiger partial charge in [0.15, 0.2) is 5.82 Å². The van der Waals surface area contributed by atoms with E-state index in [1.165, 1.54) is 0 Å². The Bertz CT molecular complexity index is 1250. The Morgan fingerprint density at radius 2 is 1.66 bits per heavy atom. The maximum absolute atomic E-state index is 13.3. The number of urea groups is 1. The van der Waals surface area contributed by atoms with Crippen molar-refractivity contribution < 1.29 is 9.59 Å². The number of anilines is 1. The molecular formula is C28H32Cl2N6O2. The third-order valence-electron chi connectivity index (χ3n) is 6.54. The van der Waals surface area contributed by atoms with Crippen molar-refractivity contribution >= 4 is 41.0 Å². The van der Waals surface area contributed by atoms with Crippen LogP contribution in [0.2, 0.25) is 10.0 Å². The first-order valence-electron chi connectivity index (χ1n) is 12.7. The molecule has 4 rings (SSSR count). The molecule has 8 nitrogen and oxygen atoms in total. The highest BCUT2D eigenvalue weighted by Crippen LogP contribution is 2.29. The van der Waals surface area contributed by atoms with Crippen LogP contribution in [0.4, 0.5) is 10.6 Å². The highest BCUT2D eigenvalue weighted by atomic mass is 35.5. The number of nitrogens with one attached hydrogen (secondary N) is 1. The molecule has 10 heteroatoms. The molecule has 1 aliphatic rings. The minimum atomic E-state index is -0.250. The summed E-state index contributed by atoms with van der Waals surface area (Å²) in [5.74, 6) is 0.659. The summed E-state index contributed by atoms with van der Waals surface area (Å²) in [5, 5.41) is 12.7. The second-order valence-electron chi connectivity index (χ2n) is 9.59. The SMILES string of the molecule is CC(C)NC(=O)N(CC(=O)N1CCN(c2ccc(-c3ccc(Cl)cc3Cl)nn2)CC1)C(C)c1ccccc1. The van der Waals surface area contributed by atoms with Crippen molar-refractivity contribution in [2.45, 2.75) is 32.9 Å². The Kier molecular flexibility index (Phi) is 9.07. The molecule has 0 saturated carbocycles. The van der Waals surface area contributed by atoms with Crippen molar-refractivity contribution in [3.63, 3.8) is 0 Å². The van der Waals surface area contributed by atoms with Crippen LogP contribution in [0.25, 0.3) is 11.3 Å². The molecule has 1 unspecified atom stereocenters. The number of rotatable bonds is 7. The Balaban J connectivity index is 1.38. The van der Waals surface area contributed by atoms with E-state index in [2.05, 4.69) is 20.4 Å². The van der Waals surface area contributed by atoms with Crippen LogP contribution < -0.4 is 10.2 Å². The summed E-state index contributed by atoms with van der Waals surface area (Å²) in [7, 11) is 0. The van der Waals surface area contributed by atoms with E-state index in [1.54, 1.807) is 21.9 Å². The summed E-state index contributed by atoms with van der Waals surface area (Å²) in [6, 6.07) is 18.3. The lowest BCUT2D eigenvalue weighted by Crippen LogP contribution is -2.53. The number of nitrogens with zero attached hydrogens (tertiary/aromatic N) is 5. The molecule has 1 aromatic heterocycles. The van der Waals surface area contributed by atoms with Crippen molar-refractivity contribution in [3.05, 3.63) is 76.3 Å². The van der Waals surface area contributed by atoms with E-state index in [4.69, 9.17) is 23.2 Å². The van der Waals surface area contributed by atoms with E-state index in [1.807, 2.05) is 69.3 Å². The van der Waals surface area contributed by atoms with Crippen molar-refractivity contribution in [2.24, 2.45) is 0 Å². The molecule has 1 saturated heterocycles. The van der Waals surface area contributed by atoms with Crippen LogP contribution in [0, 0.1) is 0 Å². The summed E-state index contributed by atoms with van der Waals surface area (Å²) in [6.07, 6.45) is 0. The van der Waals surface area contributed by atoms with Crippen molar-refractivity contribution in [3.8, 4) is 11.3 Å². The molecular weight excluding hydrogens is 523 g/mol. The zero-order chi connectivity index (χ0) is 27.2. The van der Waals surface area contributed by atoms with Crippen LogP contribution in [-0.2, 0) is 4.79 Å². The summed E-state index contributed by atoms with van der Waals surface area (Å²) >= 11 is 12.3. The summed E-state index contributed by atoms with van der Waals surface area (Å²) in [4.78, 5) is 31.8. The molecule has 2 aromatic carbocycles. The van der Waals surface area contributed by atoms with E-state index in [9.17, 15) is 9.59 Å². The molecule has 1 atom stereocenters. The lowest BCUT2D eigenvalue weighted by molar-refractivity contribution is -0.132.